The van der Waals surface area contributed by atoms with Crippen molar-refractivity contribution in [1.82, 2.24) is 9.80 Å². The van der Waals surface area contributed by atoms with Crippen LogP contribution in [0.25, 0.3) is 0 Å². The van der Waals surface area contributed by atoms with Gasteiger partial charge in [0.15, 0.2) is 0 Å². The van der Waals surface area contributed by atoms with Crippen LogP contribution in [0.2, 0.25) is 0 Å². The molecule has 0 bridgehead atoms. The van der Waals surface area contributed by atoms with Crippen molar-refractivity contribution in [2.45, 2.75) is 12.8 Å². The van der Waals surface area contributed by atoms with Gasteiger partial charge in [-0.2, -0.15) is 0 Å². The average Bonchev–Trinajstić information content (AvgIpc) is 2.67. The number of benzene rings is 2. The van der Waals surface area contributed by atoms with Crippen molar-refractivity contribution in [3.63, 3.8) is 0 Å². The van der Waals surface area contributed by atoms with E-state index in [2.05, 4.69) is 76.6 Å². The molecule has 0 radical (unpaired) electrons. The Balaban J connectivity index is 0.00000182. The largest absolute Gasteiger partial charge is 0.412 e. The maximum absolute atomic E-state index is 9.43. The van der Waals surface area contributed by atoms with Crippen molar-refractivity contribution in [1.29, 1.82) is 0 Å². The first kappa shape index (κ1) is 23.1. The molecule has 27 heavy (non-hydrogen) atoms. The van der Waals surface area contributed by atoms with Crippen molar-refractivity contribution in [3.05, 3.63) is 71.3 Å². The smallest absolute Gasteiger partial charge is 0.101 e. The van der Waals surface area contributed by atoms with Crippen LogP contribution in [0.15, 0.2) is 59.8 Å². The second-order valence-electron chi connectivity index (χ2n) is 6.81. The lowest BCUT2D eigenvalue weighted by Gasteiger charge is -2.32. The molecule has 0 spiro atoms. The molecule has 1 fully saturated rings. The molecule has 1 aliphatic heterocycles. The minimum absolute atomic E-state index is 0. The fourth-order valence-corrected chi connectivity index (χ4v) is 3.20. The number of piperazine rings is 1. The highest BCUT2D eigenvalue weighted by Gasteiger charge is 2.16. The summed E-state index contributed by atoms with van der Waals surface area (Å²) in [4.78, 5) is 4.67. The highest BCUT2D eigenvalue weighted by molar-refractivity contribution is 6.01. The minimum atomic E-state index is 0. The Kier molecular flexibility index (Phi) is 10.0. The third kappa shape index (κ3) is 6.96. The predicted octanol–water partition coefficient (Wildman–Crippen LogP) is 2.49. The van der Waals surface area contributed by atoms with Crippen LogP contribution in [0.4, 0.5) is 0 Å². The van der Waals surface area contributed by atoms with Crippen LogP contribution in [0.5, 0.6) is 0 Å². The predicted molar refractivity (Wildman–Crippen MR) is 113 cm³/mol. The molecule has 0 atom stereocenters. The standard InChI is InChI=1S/C21H27N3O.ClH.H2O/c1-23-13-15-24(16-14-23)17-21(22-25)20-11-9-19(10-12-20)8-7-18-5-3-2-4-6-18;;/h2-6,9-12,25H,7-8,13-17H2,1H3;1H;1H2/b22-21+;;. The van der Waals surface area contributed by atoms with Gasteiger partial charge >= 0.3 is 0 Å². The molecule has 0 aliphatic carbocycles. The van der Waals surface area contributed by atoms with E-state index < -0.39 is 0 Å². The number of rotatable bonds is 6. The zero-order valence-electron chi connectivity index (χ0n) is 15.8. The Morgan fingerprint density at radius 2 is 1.44 bits per heavy atom. The van der Waals surface area contributed by atoms with Gasteiger partial charge in [-0.1, -0.05) is 59.8 Å². The van der Waals surface area contributed by atoms with Gasteiger partial charge in [0.2, 0.25) is 0 Å². The molecule has 5 nitrogen and oxygen atoms in total. The highest BCUT2D eigenvalue weighted by Crippen LogP contribution is 2.11. The molecular formula is C21H30ClN3O2. The molecule has 0 saturated carbocycles. The zero-order valence-corrected chi connectivity index (χ0v) is 16.7. The highest BCUT2D eigenvalue weighted by atomic mass is 35.5. The van der Waals surface area contributed by atoms with Crippen LogP contribution in [-0.4, -0.2) is 66.0 Å². The summed E-state index contributed by atoms with van der Waals surface area (Å²) in [7, 11) is 2.15. The molecule has 1 aliphatic rings. The van der Waals surface area contributed by atoms with Gasteiger partial charge in [0.05, 0.1) is 0 Å². The summed E-state index contributed by atoms with van der Waals surface area (Å²) < 4.78 is 0. The third-order valence-electron chi connectivity index (χ3n) is 4.92. The van der Waals surface area contributed by atoms with E-state index in [0.717, 1.165) is 50.3 Å². The van der Waals surface area contributed by atoms with Crippen molar-refractivity contribution in [2.75, 3.05) is 39.8 Å². The molecule has 148 valence electrons. The summed E-state index contributed by atoms with van der Waals surface area (Å²) in [5.74, 6) is 0. The van der Waals surface area contributed by atoms with E-state index in [-0.39, 0.29) is 17.9 Å². The van der Waals surface area contributed by atoms with E-state index in [1.807, 2.05) is 0 Å². The van der Waals surface area contributed by atoms with Crippen LogP contribution >= 0.6 is 12.4 Å². The summed E-state index contributed by atoms with van der Waals surface area (Å²) in [5, 5.41) is 13.0. The van der Waals surface area contributed by atoms with Gasteiger partial charge in [0.1, 0.15) is 5.71 Å². The van der Waals surface area contributed by atoms with E-state index in [1.54, 1.807) is 0 Å². The zero-order chi connectivity index (χ0) is 17.5. The van der Waals surface area contributed by atoms with Crippen LogP contribution in [-0.2, 0) is 12.8 Å². The van der Waals surface area contributed by atoms with Crippen LogP contribution in [0.3, 0.4) is 0 Å². The van der Waals surface area contributed by atoms with Crippen LogP contribution in [0, 0.1) is 0 Å². The Labute approximate surface area is 168 Å². The monoisotopic (exact) mass is 391 g/mol. The number of likely N-dealkylation sites (N-methyl/N-ethyl adjacent to an activating group) is 1. The van der Waals surface area contributed by atoms with Gasteiger partial charge in [-0.25, -0.2) is 0 Å². The van der Waals surface area contributed by atoms with Gasteiger partial charge in [-0.05, 0) is 31.0 Å². The summed E-state index contributed by atoms with van der Waals surface area (Å²) >= 11 is 0. The summed E-state index contributed by atoms with van der Waals surface area (Å²) in [6.45, 7) is 4.87. The Morgan fingerprint density at radius 3 is 2.00 bits per heavy atom. The topological polar surface area (TPSA) is 70.6 Å². The fourth-order valence-electron chi connectivity index (χ4n) is 3.20. The molecule has 0 unspecified atom stereocenters. The van der Waals surface area contributed by atoms with Crippen molar-refractivity contribution in [2.24, 2.45) is 5.16 Å². The van der Waals surface area contributed by atoms with Gasteiger partial charge in [0.25, 0.3) is 0 Å². The molecular weight excluding hydrogens is 362 g/mol. The number of hydrogen-bond acceptors (Lipinski definition) is 4. The maximum Gasteiger partial charge on any atom is 0.101 e. The number of oxime groups is 1. The van der Waals surface area contributed by atoms with Gasteiger partial charge in [0, 0.05) is 38.3 Å². The molecule has 1 saturated heterocycles. The quantitative estimate of drug-likeness (QED) is 0.467. The Bertz CT molecular complexity index is 684. The normalized spacial score (nSPS) is 15.7. The third-order valence-corrected chi connectivity index (χ3v) is 4.92. The number of halogens is 1. The fraction of sp³-hybridized carbons (Fsp3) is 0.381. The first-order valence-corrected chi connectivity index (χ1v) is 8.99. The second kappa shape index (κ2) is 11.7. The van der Waals surface area contributed by atoms with E-state index in [9.17, 15) is 5.21 Å². The van der Waals surface area contributed by atoms with E-state index >= 15 is 0 Å². The summed E-state index contributed by atoms with van der Waals surface area (Å²) in [6, 6.07) is 19.0. The summed E-state index contributed by atoms with van der Waals surface area (Å²) in [6.07, 6.45) is 2.07. The first-order valence-electron chi connectivity index (χ1n) is 8.99. The van der Waals surface area contributed by atoms with Crippen molar-refractivity contribution >= 4 is 18.1 Å². The maximum atomic E-state index is 9.43. The van der Waals surface area contributed by atoms with Crippen molar-refractivity contribution < 1.29 is 10.7 Å². The molecule has 3 N–H and O–H groups in total. The number of nitrogens with zero attached hydrogens (tertiary/aromatic N) is 3. The van der Waals surface area contributed by atoms with Gasteiger partial charge in [-0.15, -0.1) is 12.4 Å². The lowest BCUT2D eigenvalue weighted by Crippen LogP contribution is -2.46. The minimum Gasteiger partial charge on any atom is -0.412 e. The molecule has 6 heteroatoms. The molecule has 2 aromatic rings. The van der Waals surface area contributed by atoms with Gasteiger partial charge < -0.3 is 15.6 Å². The molecule has 3 rings (SSSR count). The Hall–Kier alpha value is -1.92. The summed E-state index contributed by atoms with van der Waals surface area (Å²) in [5.41, 5.74) is 4.42. The Morgan fingerprint density at radius 1 is 0.889 bits per heavy atom. The van der Waals surface area contributed by atoms with E-state index in [4.69, 9.17) is 0 Å². The van der Waals surface area contributed by atoms with Crippen LogP contribution in [0.1, 0.15) is 16.7 Å². The van der Waals surface area contributed by atoms with Crippen LogP contribution < -0.4 is 0 Å². The molecule has 1 heterocycles. The molecule has 0 amide bonds. The first-order chi connectivity index (χ1) is 12.2. The molecule has 2 aromatic carbocycles. The lowest BCUT2D eigenvalue weighted by atomic mass is 10.0. The van der Waals surface area contributed by atoms with E-state index in [0.29, 0.717) is 6.54 Å². The molecule has 0 aromatic heterocycles. The SMILES string of the molecule is CN1CCN(C/C(=N\O)c2ccc(CCc3ccccc3)cc2)CC1.Cl.O. The number of hydrogen-bond donors (Lipinski definition) is 1. The average molecular weight is 392 g/mol. The van der Waals surface area contributed by atoms with Crippen molar-refractivity contribution in [3.8, 4) is 0 Å². The second-order valence-corrected chi connectivity index (χ2v) is 6.81. The lowest BCUT2D eigenvalue weighted by molar-refractivity contribution is 0.169. The van der Waals surface area contributed by atoms with E-state index in [1.165, 1.54) is 11.1 Å². The van der Waals surface area contributed by atoms with Gasteiger partial charge in [-0.3, -0.25) is 4.90 Å². The number of aryl methyl sites for hydroxylation is 2.